The minimum atomic E-state index is 0.251. The van der Waals surface area contributed by atoms with Crippen LogP contribution in [0.4, 0.5) is 5.95 Å². The van der Waals surface area contributed by atoms with Crippen LogP contribution in [0.5, 0.6) is 5.75 Å². The SMILES string of the molecule is COc1ccc(Cl)cc1Cn1cnc(N)n1. The standard InChI is InChI=1S/C10H11ClN4O/c1-16-9-3-2-8(11)4-7(9)5-15-6-13-10(12)14-15/h2-4,6H,5H2,1H3,(H2,12,14). The lowest BCUT2D eigenvalue weighted by Crippen LogP contribution is -2.03. The maximum absolute atomic E-state index is 5.92. The van der Waals surface area contributed by atoms with Crippen LogP contribution in [0.1, 0.15) is 5.56 Å². The van der Waals surface area contributed by atoms with Gasteiger partial charge in [-0.1, -0.05) is 11.6 Å². The smallest absolute Gasteiger partial charge is 0.239 e. The molecule has 6 heteroatoms. The van der Waals surface area contributed by atoms with Crippen molar-refractivity contribution in [1.29, 1.82) is 0 Å². The average Bonchev–Trinajstić information content (AvgIpc) is 2.64. The molecule has 0 aliphatic rings. The van der Waals surface area contributed by atoms with Crippen LogP contribution in [-0.4, -0.2) is 21.9 Å². The lowest BCUT2D eigenvalue weighted by molar-refractivity contribution is 0.407. The highest BCUT2D eigenvalue weighted by Crippen LogP contribution is 2.23. The maximum Gasteiger partial charge on any atom is 0.239 e. The summed E-state index contributed by atoms with van der Waals surface area (Å²) in [5.74, 6) is 1.01. The first kappa shape index (κ1) is 10.8. The third-order valence-electron chi connectivity index (χ3n) is 2.13. The first-order chi connectivity index (χ1) is 7.69. The molecular weight excluding hydrogens is 228 g/mol. The Balaban J connectivity index is 2.29. The lowest BCUT2D eigenvalue weighted by atomic mass is 10.2. The van der Waals surface area contributed by atoms with Gasteiger partial charge in [0.05, 0.1) is 13.7 Å². The predicted octanol–water partition coefficient (Wildman–Crippen LogP) is 1.57. The number of rotatable bonds is 3. The Hall–Kier alpha value is -1.75. The average molecular weight is 239 g/mol. The zero-order valence-electron chi connectivity index (χ0n) is 8.72. The minimum absolute atomic E-state index is 0.251. The quantitative estimate of drug-likeness (QED) is 0.882. The third-order valence-corrected chi connectivity index (χ3v) is 2.36. The van der Waals surface area contributed by atoms with Crippen molar-refractivity contribution in [3.05, 3.63) is 35.1 Å². The van der Waals surface area contributed by atoms with E-state index in [0.717, 1.165) is 11.3 Å². The van der Waals surface area contributed by atoms with Crippen LogP contribution in [0.25, 0.3) is 0 Å². The van der Waals surface area contributed by atoms with E-state index in [1.807, 2.05) is 12.1 Å². The Kier molecular flexibility index (Phi) is 2.96. The Bertz CT molecular complexity index is 497. The second-order valence-corrected chi connectivity index (χ2v) is 3.69. The molecule has 0 saturated carbocycles. The minimum Gasteiger partial charge on any atom is -0.496 e. The van der Waals surface area contributed by atoms with Gasteiger partial charge < -0.3 is 10.5 Å². The van der Waals surface area contributed by atoms with Gasteiger partial charge in [-0.05, 0) is 18.2 Å². The summed E-state index contributed by atoms with van der Waals surface area (Å²) in [7, 11) is 1.61. The van der Waals surface area contributed by atoms with Crippen LogP contribution in [0, 0.1) is 0 Å². The molecule has 1 aromatic heterocycles. The monoisotopic (exact) mass is 238 g/mol. The van der Waals surface area contributed by atoms with Crippen LogP contribution in [0.15, 0.2) is 24.5 Å². The van der Waals surface area contributed by atoms with E-state index in [4.69, 9.17) is 22.1 Å². The molecule has 0 unspecified atom stereocenters. The highest BCUT2D eigenvalue weighted by Gasteiger charge is 2.05. The predicted molar refractivity (Wildman–Crippen MR) is 61.5 cm³/mol. The molecule has 16 heavy (non-hydrogen) atoms. The van der Waals surface area contributed by atoms with Gasteiger partial charge in [-0.15, -0.1) is 5.10 Å². The zero-order chi connectivity index (χ0) is 11.5. The van der Waals surface area contributed by atoms with Crippen LogP contribution < -0.4 is 10.5 Å². The number of nitrogens with zero attached hydrogens (tertiary/aromatic N) is 3. The summed E-state index contributed by atoms with van der Waals surface area (Å²) in [5, 5.41) is 4.65. The molecule has 5 nitrogen and oxygen atoms in total. The van der Waals surface area contributed by atoms with Gasteiger partial charge in [0.2, 0.25) is 5.95 Å². The van der Waals surface area contributed by atoms with Gasteiger partial charge in [0.15, 0.2) is 0 Å². The van der Waals surface area contributed by atoms with Crippen LogP contribution in [0.3, 0.4) is 0 Å². The van der Waals surface area contributed by atoms with Crippen molar-refractivity contribution in [2.75, 3.05) is 12.8 Å². The van der Waals surface area contributed by atoms with Crippen LogP contribution >= 0.6 is 11.6 Å². The van der Waals surface area contributed by atoms with Crippen LogP contribution in [-0.2, 0) is 6.54 Å². The number of aromatic nitrogens is 3. The van der Waals surface area contributed by atoms with Crippen molar-refractivity contribution in [1.82, 2.24) is 14.8 Å². The Morgan fingerprint density at radius 2 is 2.31 bits per heavy atom. The number of methoxy groups -OCH3 is 1. The molecule has 0 bridgehead atoms. The van der Waals surface area contributed by atoms with Crippen molar-refractivity contribution in [3.8, 4) is 5.75 Å². The summed E-state index contributed by atoms with van der Waals surface area (Å²) in [6.07, 6.45) is 1.57. The van der Waals surface area contributed by atoms with E-state index >= 15 is 0 Å². The van der Waals surface area contributed by atoms with Crippen molar-refractivity contribution in [2.24, 2.45) is 0 Å². The first-order valence-electron chi connectivity index (χ1n) is 4.66. The maximum atomic E-state index is 5.92. The largest absolute Gasteiger partial charge is 0.496 e. The Morgan fingerprint density at radius 3 is 2.94 bits per heavy atom. The second kappa shape index (κ2) is 4.40. The molecule has 2 N–H and O–H groups in total. The van der Waals surface area contributed by atoms with E-state index in [2.05, 4.69) is 10.1 Å². The third kappa shape index (κ3) is 2.25. The molecule has 1 heterocycles. The second-order valence-electron chi connectivity index (χ2n) is 3.26. The molecule has 2 rings (SSSR count). The van der Waals surface area contributed by atoms with Crippen molar-refractivity contribution in [3.63, 3.8) is 0 Å². The number of hydrogen-bond donors (Lipinski definition) is 1. The number of halogens is 1. The van der Waals surface area contributed by atoms with E-state index in [1.54, 1.807) is 24.2 Å². The van der Waals surface area contributed by atoms with Gasteiger partial charge in [-0.2, -0.15) is 0 Å². The first-order valence-corrected chi connectivity index (χ1v) is 5.04. The molecule has 2 aromatic rings. The van der Waals surface area contributed by atoms with Gasteiger partial charge in [0.1, 0.15) is 12.1 Å². The number of nitrogen functional groups attached to an aromatic ring is 1. The summed E-state index contributed by atoms with van der Waals surface area (Å²) in [4.78, 5) is 3.85. The van der Waals surface area contributed by atoms with Gasteiger partial charge in [0, 0.05) is 10.6 Å². The van der Waals surface area contributed by atoms with Gasteiger partial charge >= 0.3 is 0 Å². The lowest BCUT2D eigenvalue weighted by Gasteiger charge is -2.08. The molecule has 0 saturated heterocycles. The summed E-state index contributed by atoms with van der Waals surface area (Å²) in [5.41, 5.74) is 6.36. The molecule has 0 amide bonds. The highest BCUT2D eigenvalue weighted by molar-refractivity contribution is 6.30. The normalized spacial score (nSPS) is 10.4. The van der Waals surface area contributed by atoms with E-state index in [0.29, 0.717) is 11.6 Å². The van der Waals surface area contributed by atoms with E-state index in [-0.39, 0.29) is 5.95 Å². The molecule has 1 aromatic carbocycles. The van der Waals surface area contributed by atoms with Crippen LogP contribution in [0.2, 0.25) is 5.02 Å². The molecule has 0 radical (unpaired) electrons. The number of nitrogens with two attached hydrogens (primary N) is 1. The topological polar surface area (TPSA) is 66.0 Å². The Labute approximate surface area is 97.8 Å². The fourth-order valence-electron chi connectivity index (χ4n) is 1.43. The number of anilines is 1. The van der Waals surface area contributed by atoms with Gasteiger partial charge in [-0.3, -0.25) is 0 Å². The van der Waals surface area contributed by atoms with Crippen molar-refractivity contribution in [2.45, 2.75) is 6.54 Å². The summed E-state index contributed by atoms with van der Waals surface area (Å²) in [6, 6.07) is 5.43. The van der Waals surface area contributed by atoms with Crippen molar-refractivity contribution < 1.29 is 4.74 Å². The highest BCUT2D eigenvalue weighted by atomic mass is 35.5. The van der Waals surface area contributed by atoms with E-state index in [9.17, 15) is 0 Å². The molecule has 84 valence electrons. The zero-order valence-corrected chi connectivity index (χ0v) is 9.48. The molecule has 0 atom stereocenters. The van der Waals surface area contributed by atoms with Crippen molar-refractivity contribution >= 4 is 17.5 Å². The number of hydrogen-bond acceptors (Lipinski definition) is 4. The van der Waals surface area contributed by atoms with E-state index in [1.165, 1.54) is 0 Å². The fourth-order valence-corrected chi connectivity index (χ4v) is 1.63. The van der Waals surface area contributed by atoms with Gasteiger partial charge in [0.25, 0.3) is 0 Å². The van der Waals surface area contributed by atoms with E-state index < -0.39 is 0 Å². The molecule has 0 aliphatic heterocycles. The Morgan fingerprint density at radius 1 is 1.50 bits per heavy atom. The summed E-state index contributed by atoms with van der Waals surface area (Å²) in [6.45, 7) is 0.522. The van der Waals surface area contributed by atoms with Gasteiger partial charge in [-0.25, -0.2) is 9.67 Å². The fraction of sp³-hybridized carbons (Fsp3) is 0.200. The molecular formula is C10H11ClN4O. The molecule has 0 fully saturated rings. The molecule has 0 spiro atoms. The number of ether oxygens (including phenoxy) is 1. The summed E-state index contributed by atoms with van der Waals surface area (Å²) >= 11 is 5.92. The number of benzene rings is 1. The summed E-state index contributed by atoms with van der Waals surface area (Å²) < 4.78 is 6.86. The molecule has 0 aliphatic carbocycles.